The Labute approximate surface area is 185 Å². The Balaban J connectivity index is 0.00000280. The molecule has 2 aliphatic rings. The van der Waals surface area contributed by atoms with Gasteiger partial charge < -0.3 is 19.7 Å². The zero-order chi connectivity index (χ0) is 19.1. The molecule has 0 amide bonds. The number of hydrogen-bond donors (Lipinski definition) is 1. The van der Waals surface area contributed by atoms with Crippen molar-refractivity contribution in [2.45, 2.75) is 31.8 Å². The van der Waals surface area contributed by atoms with E-state index in [1.807, 2.05) is 13.1 Å². The number of hydrogen-bond acceptors (Lipinski definition) is 4. The van der Waals surface area contributed by atoms with Gasteiger partial charge in [0.15, 0.2) is 5.96 Å². The second-order valence-corrected chi connectivity index (χ2v) is 7.32. The topological polar surface area (TPSA) is 63.2 Å². The molecule has 0 saturated carbocycles. The van der Waals surface area contributed by atoms with Crippen LogP contribution in [-0.4, -0.2) is 57.2 Å². The van der Waals surface area contributed by atoms with Crippen LogP contribution in [0.5, 0.6) is 0 Å². The van der Waals surface area contributed by atoms with Gasteiger partial charge in [0.05, 0.1) is 19.1 Å². The first-order chi connectivity index (χ1) is 13.2. The van der Waals surface area contributed by atoms with Crippen molar-refractivity contribution in [3.63, 3.8) is 0 Å². The summed E-state index contributed by atoms with van der Waals surface area (Å²) >= 11 is 0. The molecule has 2 unspecified atom stereocenters. The molecular formula is C21H32IN3O3. The number of aliphatic imine (C=N–C) groups is 1. The first-order valence-corrected chi connectivity index (χ1v) is 9.93. The highest BCUT2D eigenvalue weighted by atomic mass is 127. The summed E-state index contributed by atoms with van der Waals surface area (Å²) in [6.07, 6.45) is 4.00. The van der Waals surface area contributed by atoms with Crippen LogP contribution in [0.3, 0.4) is 0 Å². The molecule has 1 N–H and O–H groups in total. The second-order valence-electron chi connectivity index (χ2n) is 7.32. The van der Waals surface area contributed by atoms with Crippen LogP contribution in [0.4, 0.5) is 0 Å². The number of likely N-dealkylation sites (tertiary alicyclic amines) is 1. The lowest BCUT2D eigenvalue weighted by atomic mass is 9.89. The van der Waals surface area contributed by atoms with Gasteiger partial charge in [-0.15, -0.1) is 24.0 Å². The highest BCUT2D eigenvalue weighted by Gasteiger charge is 2.30. The van der Waals surface area contributed by atoms with Crippen molar-refractivity contribution in [3.05, 3.63) is 35.9 Å². The molecule has 2 heterocycles. The van der Waals surface area contributed by atoms with Crippen LogP contribution in [0.2, 0.25) is 0 Å². The summed E-state index contributed by atoms with van der Waals surface area (Å²) in [6.45, 7) is 3.31. The molecule has 3 rings (SSSR count). The molecule has 7 heteroatoms. The molecule has 2 atom stereocenters. The van der Waals surface area contributed by atoms with Crippen molar-refractivity contribution in [2.24, 2.45) is 16.8 Å². The normalized spacial score (nSPS) is 23.6. The van der Waals surface area contributed by atoms with Gasteiger partial charge in [0.1, 0.15) is 0 Å². The van der Waals surface area contributed by atoms with E-state index in [0.29, 0.717) is 5.92 Å². The van der Waals surface area contributed by atoms with Crippen LogP contribution in [0, 0.1) is 11.8 Å². The van der Waals surface area contributed by atoms with E-state index in [4.69, 9.17) is 9.47 Å². The van der Waals surface area contributed by atoms with Crippen molar-refractivity contribution in [3.8, 4) is 0 Å². The minimum Gasteiger partial charge on any atom is -0.469 e. The average molecular weight is 501 g/mol. The lowest BCUT2D eigenvalue weighted by molar-refractivity contribution is -0.146. The number of methoxy groups -OCH3 is 1. The van der Waals surface area contributed by atoms with Crippen LogP contribution in [0.25, 0.3) is 0 Å². The zero-order valence-corrected chi connectivity index (χ0v) is 19.1. The second kappa shape index (κ2) is 11.6. The number of benzene rings is 1. The van der Waals surface area contributed by atoms with Gasteiger partial charge >= 0.3 is 5.97 Å². The lowest BCUT2D eigenvalue weighted by Crippen LogP contribution is -2.48. The smallest absolute Gasteiger partial charge is 0.308 e. The van der Waals surface area contributed by atoms with Gasteiger partial charge in [-0.05, 0) is 31.2 Å². The van der Waals surface area contributed by atoms with E-state index >= 15 is 0 Å². The number of carbonyl (C=O) groups is 1. The van der Waals surface area contributed by atoms with Crippen molar-refractivity contribution in [1.29, 1.82) is 0 Å². The van der Waals surface area contributed by atoms with Gasteiger partial charge in [0, 0.05) is 39.2 Å². The van der Waals surface area contributed by atoms with Crippen LogP contribution in [0.15, 0.2) is 35.3 Å². The summed E-state index contributed by atoms with van der Waals surface area (Å²) in [7, 11) is 3.28. The fourth-order valence-corrected chi connectivity index (χ4v) is 4.11. The van der Waals surface area contributed by atoms with Crippen molar-refractivity contribution in [1.82, 2.24) is 10.2 Å². The number of nitrogens with one attached hydrogen (secondary N) is 1. The van der Waals surface area contributed by atoms with E-state index in [-0.39, 0.29) is 42.0 Å². The average Bonchev–Trinajstić information content (AvgIpc) is 2.75. The van der Waals surface area contributed by atoms with E-state index in [1.165, 1.54) is 12.7 Å². The number of ether oxygens (including phenoxy) is 2. The maximum absolute atomic E-state index is 11.7. The highest BCUT2D eigenvalue weighted by Crippen LogP contribution is 2.33. The molecule has 0 bridgehead atoms. The van der Waals surface area contributed by atoms with Crippen LogP contribution < -0.4 is 5.32 Å². The Bertz CT molecular complexity index is 633. The molecule has 0 aliphatic carbocycles. The Morgan fingerprint density at radius 1 is 1.25 bits per heavy atom. The molecule has 0 aromatic heterocycles. The third-order valence-corrected chi connectivity index (χ3v) is 5.64. The fourth-order valence-electron chi connectivity index (χ4n) is 4.11. The summed E-state index contributed by atoms with van der Waals surface area (Å²) in [4.78, 5) is 18.4. The zero-order valence-electron chi connectivity index (χ0n) is 16.8. The molecule has 0 radical (unpaired) electrons. The number of carbonyl (C=O) groups excluding carboxylic acids is 1. The Hall–Kier alpha value is -1.35. The molecule has 1 aromatic carbocycles. The van der Waals surface area contributed by atoms with E-state index in [1.54, 1.807) is 0 Å². The molecule has 28 heavy (non-hydrogen) atoms. The Morgan fingerprint density at radius 3 is 2.61 bits per heavy atom. The highest BCUT2D eigenvalue weighted by molar-refractivity contribution is 14.0. The van der Waals surface area contributed by atoms with Crippen molar-refractivity contribution >= 4 is 35.9 Å². The number of halogens is 1. The standard InChI is InChI=1S/C21H31N3O3.HI/c1-22-21(24-12-10-17(11-13-24)20(25)26-2)23-15-18-9-6-14-27-19(18)16-7-4-3-5-8-16;/h3-5,7-8,17-19H,6,9-15H2,1-2H3,(H,22,23);1H. The Kier molecular flexibility index (Phi) is 9.50. The maximum Gasteiger partial charge on any atom is 0.308 e. The molecule has 156 valence electrons. The quantitative estimate of drug-likeness (QED) is 0.297. The Morgan fingerprint density at radius 2 is 1.96 bits per heavy atom. The van der Waals surface area contributed by atoms with Crippen LogP contribution >= 0.6 is 24.0 Å². The van der Waals surface area contributed by atoms with Gasteiger partial charge in [-0.3, -0.25) is 9.79 Å². The largest absolute Gasteiger partial charge is 0.469 e. The molecule has 0 spiro atoms. The molecular weight excluding hydrogens is 469 g/mol. The monoisotopic (exact) mass is 501 g/mol. The molecule has 1 aromatic rings. The number of piperidine rings is 1. The van der Waals surface area contributed by atoms with Crippen molar-refractivity contribution < 1.29 is 14.3 Å². The van der Waals surface area contributed by atoms with Gasteiger partial charge in [-0.2, -0.15) is 0 Å². The number of rotatable bonds is 4. The predicted molar refractivity (Wildman–Crippen MR) is 121 cm³/mol. The lowest BCUT2D eigenvalue weighted by Gasteiger charge is -2.36. The summed E-state index contributed by atoms with van der Waals surface area (Å²) in [5, 5.41) is 3.55. The van der Waals surface area contributed by atoms with E-state index in [0.717, 1.165) is 57.9 Å². The number of nitrogens with zero attached hydrogens (tertiary/aromatic N) is 2. The third-order valence-electron chi connectivity index (χ3n) is 5.64. The SMILES string of the molecule is CN=C(NCC1CCCOC1c1ccccc1)N1CCC(C(=O)OC)CC1.I. The van der Waals surface area contributed by atoms with Gasteiger partial charge in [-0.1, -0.05) is 30.3 Å². The minimum absolute atomic E-state index is 0. The summed E-state index contributed by atoms with van der Waals surface area (Å²) in [6, 6.07) is 10.5. The number of guanidine groups is 1. The summed E-state index contributed by atoms with van der Waals surface area (Å²) in [5.74, 6) is 1.25. The minimum atomic E-state index is -0.0948. The van der Waals surface area contributed by atoms with E-state index in [9.17, 15) is 4.79 Å². The van der Waals surface area contributed by atoms with E-state index < -0.39 is 0 Å². The van der Waals surface area contributed by atoms with Gasteiger partial charge in [0.25, 0.3) is 0 Å². The molecule has 6 nitrogen and oxygen atoms in total. The van der Waals surface area contributed by atoms with Crippen molar-refractivity contribution in [2.75, 3.05) is 40.4 Å². The fraction of sp³-hybridized carbons (Fsp3) is 0.619. The molecule has 2 aliphatic heterocycles. The summed E-state index contributed by atoms with van der Waals surface area (Å²) in [5.41, 5.74) is 1.25. The van der Waals surface area contributed by atoms with E-state index in [2.05, 4.69) is 39.5 Å². The third kappa shape index (κ3) is 5.83. The summed E-state index contributed by atoms with van der Waals surface area (Å²) < 4.78 is 11.0. The van der Waals surface area contributed by atoms with Crippen LogP contribution in [0.1, 0.15) is 37.4 Å². The first kappa shape index (κ1) is 22.9. The number of esters is 1. The predicted octanol–water partition coefficient (Wildman–Crippen LogP) is 3.23. The van der Waals surface area contributed by atoms with Crippen LogP contribution in [-0.2, 0) is 14.3 Å². The van der Waals surface area contributed by atoms with Gasteiger partial charge in [0.2, 0.25) is 0 Å². The first-order valence-electron chi connectivity index (χ1n) is 9.93. The van der Waals surface area contributed by atoms with Gasteiger partial charge in [-0.25, -0.2) is 0 Å². The molecule has 2 saturated heterocycles. The molecule has 2 fully saturated rings. The maximum atomic E-state index is 11.7.